The maximum absolute atomic E-state index is 12.3. The molecule has 0 saturated carbocycles. The molecule has 0 radical (unpaired) electrons. The fraction of sp³-hybridized carbons (Fsp3) is 0.0455. The number of nitrogens with zero attached hydrogens (tertiary/aromatic N) is 4. The van der Waals surface area contributed by atoms with Gasteiger partial charge < -0.3 is 11.1 Å². The average Bonchev–Trinajstić information content (AvgIpc) is 3.23. The molecule has 4 rings (SSSR count). The van der Waals surface area contributed by atoms with Crippen molar-refractivity contribution in [1.29, 1.82) is 0 Å². The van der Waals surface area contributed by atoms with Crippen molar-refractivity contribution in [3.05, 3.63) is 84.4 Å². The van der Waals surface area contributed by atoms with Crippen LogP contribution in [-0.2, 0) is 11.3 Å². The van der Waals surface area contributed by atoms with Crippen LogP contribution in [0, 0.1) is 0 Å². The van der Waals surface area contributed by atoms with Gasteiger partial charge in [-0.05, 0) is 40.6 Å². The SMILES string of the molecule is NC(=O)c1ccc(-c2nnn(CC(=O)Nc3ccc(-c4ccccc4)cc3)n2)cc1. The van der Waals surface area contributed by atoms with E-state index in [0.717, 1.165) is 11.1 Å². The van der Waals surface area contributed by atoms with E-state index in [2.05, 4.69) is 20.7 Å². The van der Waals surface area contributed by atoms with Crippen LogP contribution in [0.1, 0.15) is 10.4 Å². The quantitative estimate of drug-likeness (QED) is 0.518. The number of primary amides is 1. The van der Waals surface area contributed by atoms with Crippen molar-refractivity contribution >= 4 is 17.5 Å². The number of benzene rings is 3. The summed E-state index contributed by atoms with van der Waals surface area (Å²) in [6.07, 6.45) is 0. The Bertz CT molecular complexity index is 1170. The first-order valence-corrected chi connectivity index (χ1v) is 9.22. The molecule has 4 aromatic rings. The molecule has 1 aromatic heterocycles. The lowest BCUT2D eigenvalue weighted by molar-refractivity contribution is -0.117. The molecule has 0 spiro atoms. The molecule has 0 unspecified atom stereocenters. The number of rotatable bonds is 6. The van der Waals surface area contributed by atoms with Crippen molar-refractivity contribution < 1.29 is 9.59 Å². The van der Waals surface area contributed by atoms with Gasteiger partial charge in [-0.25, -0.2) is 0 Å². The Morgan fingerprint density at radius 1 is 0.833 bits per heavy atom. The van der Waals surface area contributed by atoms with Crippen LogP contribution >= 0.6 is 0 Å². The summed E-state index contributed by atoms with van der Waals surface area (Å²) in [7, 11) is 0. The summed E-state index contributed by atoms with van der Waals surface area (Å²) in [5.41, 5.74) is 9.15. The Morgan fingerprint density at radius 3 is 2.13 bits per heavy atom. The van der Waals surface area contributed by atoms with Crippen molar-refractivity contribution in [1.82, 2.24) is 20.2 Å². The molecule has 3 aromatic carbocycles. The van der Waals surface area contributed by atoms with Gasteiger partial charge in [0.05, 0.1) is 0 Å². The largest absolute Gasteiger partial charge is 0.366 e. The number of hydrogen-bond acceptors (Lipinski definition) is 5. The second-order valence-corrected chi connectivity index (χ2v) is 6.58. The normalized spacial score (nSPS) is 10.5. The average molecular weight is 398 g/mol. The number of tetrazole rings is 1. The Hall–Kier alpha value is -4.33. The molecule has 1 heterocycles. The lowest BCUT2D eigenvalue weighted by Crippen LogP contribution is -2.20. The van der Waals surface area contributed by atoms with Crippen molar-refractivity contribution in [2.45, 2.75) is 6.54 Å². The van der Waals surface area contributed by atoms with Crippen LogP contribution in [0.15, 0.2) is 78.9 Å². The standard InChI is InChI=1S/C22H18N6O2/c23-21(30)17-6-8-18(9-7-17)22-25-27-28(26-22)14-20(29)24-19-12-10-16(11-13-19)15-4-2-1-3-5-15/h1-13H,14H2,(H2,23,30)(H,24,29). The van der Waals surface area contributed by atoms with Crippen LogP contribution in [0.4, 0.5) is 5.69 Å². The van der Waals surface area contributed by atoms with Crippen molar-refractivity contribution in [2.75, 3.05) is 5.32 Å². The van der Waals surface area contributed by atoms with E-state index in [1.54, 1.807) is 24.3 Å². The number of carbonyl (C=O) groups is 2. The zero-order valence-corrected chi connectivity index (χ0v) is 15.9. The van der Waals surface area contributed by atoms with E-state index < -0.39 is 5.91 Å². The predicted octanol–water partition coefficient (Wildman–Crippen LogP) is 2.74. The molecule has 0 aliphatic carbocycles. The van der Waals surface area contributed by atoms with E-state index in [9.17, 15) is 9.59 Å². The summed E-state index contributed by atoms with van der Waals surface area (Å²) in [6.45, 7) is -0.0766. The van der Waals surface area contributed by atoms with Gasteiger partial charge in [-0.1, -0.05) is 54.6 Å². The summed E-state index contributed by atoms with van der Waals surface area (Å²) in [4.78, 5) is 24.7. The second-order valence-electron chi connectivity index (χ2n) is 6.58. The summed E-state index contributed by atoms with van der Waals surface area (Å²) in [5, 5.41) is 14.9. The maximum atomic E-state index is 12.3. The van der Waals surface area contributed by atoms with Crippen LogP contribution < -0.4 is 11.1 Å². The zero-order valence-electron chi connectivity index (χ0n) is 15.9. The third-order valence-corrected chi connectivity index (χ3v) is 4.44. The molecular formula is C22H18N6O2. The minimum Gasteiger partial charge on any atom is -0.366 e. The minimum atomic E-state index is -0.508. The van der Waals surface area contributed by atoms with Gasteiger partial charge in [-0.3, -0.25) is 9.59 Å². The van der Waals surface area contributed by atoms with Crippen molar-refractivity contribution in [2.24, 2.45) is 5.73 Å². The third-order valence-electron chi connectivity index (χ3n) is 4.44. The van der Waals surface area contributed by atoms with Gasteiger partial charge in [0, 0.05) is 16.8 Å². The van der Waals surface area contributed by atoms with Crippen molar-refractivity contribution in [3.63, 3.8) is 0 Å². The highest BCUT2D eigenvalue weighted by Gasteiger charge is 2.10. The van der Waals surface area contributed by atoms with Crippen molar-refractivity contribution in [3.8, 4) is 22.5 Å². The topological polar surface area (TPSA) is 116 Å². The number of nitrogens with one attached hydrogen (secondary N) is 1. The molecule has 0 fully saturated rings. The van der Waals surface area contributed by atoms with Crippen LogP contribution in [0.5, 0.6) is 0 Å². The summed E-state index contributed by atoms with van der Waals surface area (Å²) in [5.74, 6) is -0.423. The van der Waals surface area contributed by atoms with Crippen LogP contribution in [0.25, 0.3) is 22.5 Å². The Labute approximate surface area is 172 Å². The van der Waals surface area contributed by atoms with E-state index in [1.165, 1.54) is 4.80 Å². The summed E-state index contributed by atoms with van der Waals surface area (Å²) < 4.78 is 0. The van der Waals surface area contributed by atoms with E-state index >= 15 is 0 Å². The van der Waals surface area contributed by atoms with Crippen LogP contribution in [-0.4, -0.2) is 32.0 Å². The molecular weight excluding hydrogens is 380 g/mol. The Kier molecular flexibility index (Phi) is 5.29. The number of carbonyl (C=O) groups excluding carboxylic acids is 2. The lowest BCUT2D eigenvalue weighted by Gasteiger charge is -2.06. The van der Waals surface area contributed by atoms with E-state index in [-0.39, 0.29) is 12.5 Å². The molecule has 148 valence electrons. The highest BCUT2D eigenvalue weighted by atomic mass is 16.2. The van der Waals surface area contributed by atoms with E-state index in [0.29, 0.717) is 22.6 Å². The highest BCUT2D eigenvalue weighted by Crippen LogP contribution is 2.21. The Balaban J connectivity index is 1.38. The number of hydrogen-bond donors (Lipinski definition) is 2. The monoisotopic (exact) mass is 398 g/mol. The molecule has 3 N–H and O–H groups in total. The molecule has 8 heteroatoms. The summed E-state index contributed by atoms with van der Waals surface area (Å²) in [6, 6.07) is 24.1. The molecule has 8 nitrogen and oxygen atoms in total. The fourth-order valence-electron chi connectivity index (χ4n) is 2.91. The van der Waals surface area contributed by atoms with Gasteiger partial charge >= 0.3 is 0 Å². The predicted molar refractivity (Wildman–Crippen MR) is 112 cm³/mol. The number of nitrogens with two attached hydrogens (primary N) is 1. The molecule has 0 bridgehead atoms. The maximum Gasteiger partial charge on any atom is 0.248 e. The van der Waals surface area contributed by atoms with Gasteiger partial charge in [0.15, 0.2) is 0 Å². The number of anilines is 1. The first-order chi connectivity index (χ1) is 14.6. The minimum absolute atomic E-state index is 0.0766. The lowest BCUT2D eigenvalue weighted by atomic mass is 10.1. The highest BCUT2D eigenvalue weighted by molar-refractivity contribution is 5.93. The van der Waals surface area contributed by atoms with Gasteiger partial charge in [0.1, 0.15) is 6.54 Å². The van der Waals surface area contributed by atoms with Crippen LogP contribution in [0.3, 0.4) is 0 Å². The third kappa shape index (κ3) is 4.39. The molecule has 0 aliphatic rings. The molecule has 0 aliphatic heterocycles. The zero-order chi connectivity index (χ0) is 20.9. The van der Waals surface area contributed by atoms with E-state index in [1.807, 2.05) is 54.6 Å². The smallest absolute Gasteiger partial charge is 0.248 e. The molecule has 0 saturated heterocycles. The van der Waals surface area contributed by atoms with Gasteiger partial charge in [-0.2, -0.15) is 4.80 Å². The molecule has 2 amide bonds. The first-order valence-electron chi connectivity index (χ1n) is 9.22. The fourth-order valence-corrected chi connectivity index (χ4v) is 2.91. The van der Waals surface area contributed by atoms with Gasteiger partial charge in [-0.15, -0.1) is 10.2 Å². The number of aromatic nitrogens is 4. The molecule has 30 heavy (non-hydrogen) atoms. The van der Waals surface area contributed by atoms with Gasteiger partial charge in [0.25, 0.3) is 0 Å². The summed E-state index contributed by atoms with van der Waals surface area (Å²) >= 11 is 0. The second kappa shape index (κ2) is 8.36. The van der Waals surface area contributed by atoms with Gasteiger partial charge in [0.2, 0.25) is 17.6 Å². The first kappa shape index (κ1) is 19.0. The van der Waals surface area contributed by atoms with Crippen LogP contribution in [0.2, 0.25) is 0 Å². The Morgan fingerprint density at radius 2 is 1.47 bits per heavy atom. The number of amides is 2. The van der Waals surface area contributed by atoms with E-state index in [4.69, 9.17) is 5.73 Å². The molecule has 0 atom stereocenters.